The molecule has 136 valence electrons. The highest BCUT2D eigenvalue weighted by atomic mass is 32.2. The van der Waals surface area contributed by atoms with Crippen molar-refractivity contribution < 1.29 is 17.5 Å². The average molecular weight is 365 g/mol. The first kappa shape index (κ1) is 19.4. The van der Waals surface area contributed by atoms with Crippen LogP contribution in [0.4, 0.5) is 4.39 Å². The van der Waals surface area contributed by atoms with Crippen LogP contribution in [0.1, 0.15) is 49.4 Å². The zero-order valence-electron chi connectivity index (χ0n) is 15.1. The van der Waals surface area contributed by atoms with Crippen LogP contribution in [0.15, 0.2) is 41.3 Å². The van der Waals surface area contributed by atoms with Crippen LogP contribution in [0.2, 0.25) is 0 Å². The van der Waals surface area contributed by atoms with Crippen LogP contribution < -0.4 is 9.46 Å². The van der Waals surface area contributed by atoms with Crippen molar-refractivity contribution in [3.8, 4) is 5.75 Å². The van der Waals surface area contributed by atoms with E-state index in [-0.39, 0.29) is 16.6 Å². The predicted molar refractivity (Wildman–Crippen MR) is 97.0 cm³/mol. The largest absolute Gasteiger partial charge is 0.496 e. The van der Waals surface area contributed by atoms with E-state index in [4.69, 9.17) is 4.74 Å². The number of methoxy groups -OCH3 is 1. The summed E-state index contributed by atoms with van der Waals surface area (Å²) < 4.78 is 46.8. The van der Waals surface area contributed by atoms with Gasteiger partial charge in [-0.25, -0.2) is 17.5 Å². The number of ether oxygens (including phenoxy) is 1. The molecule has 0 heterocycles. The highest BCUT2D eigenvalue weighted by Crippen LogP contribution is 2.32. The quantitative estimate of drug-likeness (QED) is 0.830. The third-order valence-corrected chi connectivity index (χ3v) is 5.82. The van der Waals surface area contributed by atoms with Crippen LogP contribution in [-0.4, -0.2) is 15.5 Å². The number of halogens is 1. The summed E-state index contributed by atoms with van der Waals surface area (Å²) in [6.07, 6.45) is 0. The van der Waals surface area contributed by atoms with E-state index >= 15 is 0 Å². The Morgan fingerprint density at radius 1 is 1.08 bits per heavy atom. The molecule has 0 amide bonds. The van der Waals surface area contributed by atoms with Crippen molar-refractivity contribution in [2.24, 2.45) is 0 Å². The van der Waals surface area contributed by atoms with Crippen LogP contribution in [0.25, 0.3) is 0 Å². The molecule has 0 aliphatic heterocycles. The zero-order chi connectivity index (χ0) is 18.8. The fraction of sp³-hybridized carbons (Fsp3) is 0.368. The van der Waals surface area contributed by atoms with Crippen LogP contribution in [0, 0.1) is 12.7 Å². The monoisotopic (exact) mass is 365 g/mol. The van der Waals surface area contributed by atoms with Gasteiger partial charge in [0.05, 0.1) is 12.0 Å². The molecule has 1 unspecified atom stereocenters. The van der Waals surface area contributed by atoms with E-state index in [0.717, 1.165) is 5.56 Å². The Morgan fingerprint density at radius 2 is 1.68 bits per heavy atom. The zero-order valence-corrected chi connectivity index (χ0v) is 15.9. The van der Waals surface area contributed by atoms with Gasteiger partial charge in [-0.1, -0.05) is 26.0 Å². The number of nitrogens with one attached hydrogen (secondary N) is 1. The Balaban J connectivity index is 2.38. The van der Waals surface area contributed by atoms with Gasteiger partial charge in [-0.15, -0.1) is 0 Å². The normalized spacial score (nSPS) is 13.1. The summed E-state index contributed by atoms with van der Waals surface area (Å²) in [6, 6.07) is 8.71. The summed E-state index contributed by atoms with van der Waals surface area (Å²) in [6.45, 7) is 7.44. The molecule has 0 radical (unpaired) electrons. The first-order valence-electron chi connectivity index (χ1n) is 8.12. The van der Waals surface area contributed by atoms with E-state index in [1.165, 1.54) is 12.1 Å². The minimum Gasteiger partial charge on any atom is -0.496 e. The molecule has 1 atom stereocenters. The number of hydrogen-bond donors (Lipinski definition) is 1. The molecule has 0 aliphatic carbocycles. The molecule has 6 heteroatoms. The summed E-state index contributed by atoms with van der Waals surface area (Å²) in [7, 11) is -2.16. The minimum absolute atomic E-state index is 0.124. The van der Waals surface area contributed by atoms with Crippen LogP contribution >= 0.6 is 0 Å². The predicted octanol–water partition coefficient (Wildman–Crippen LogP) is 4.31. The van der Waals surface area contributed by atoms with Gasteiger partial charge in [0.2, 0.25) is 10.0 Å². The highest BCUT2D eigenvalue weighted by molar-refractivity contribution is 7.89. The fourth-order valence-electron chi connectivity index (χ4n) is 2.71. The molecule has 4 nitrogen and oxygen atoms in total. The Bertz CT molecular complexity index is 846. The molecule has 0 saturated heterocycles. The van der Waals surface area contributed by atoms with Gasteiger partial charge in [-0.2, -0.15) is 0 Å². The van der Waals surface area contributed by atoms with Crippen molar-refractivity contribution >= 4 is 10.0 Å². The molecule has 0 spiro atoms. The fourth-order valence-corrected chi connectivity index (χ4v) is 4.20. The van der Waals surface area contributed by atoms with Gasteiger partial charge in [-0.05, 0) is 60.7 Å². The van der Waals surface area contributed by atoms with Crippen molar-refractivity contribution in [1.82, 2.24) is 4.72 Å². The highest BCUT2D eigenvalue weighted by Gasteiger charge is 2.23. The van der Waals surface area contributed by atoms with Crippen LogP contribution in [0.3, 0.4) is 0 Å². The van der Waals surface area contributed by atoms with Crippen LogP contribution in [0.5, 0.6) is 5.75 Å². The second kappa shape index (κ2) is 7.54. The molecule has 2 rings (SSSR count). The van der Waals surface area contributed by atoms with Crippen LogP contribution in [-0.2, 0) is 10.0 Å². The van der Waals surface area contributed by atoms with Gasteiger partial charge in [0.1, 0.15) is 11.6 Å². The van der Waals surface area contributed by atoms with E-state index in [2.05, 4.69) is 4.72 Å². The lowest BCUT2D eigenvalue weighted by molar-refractivity contribution is 0.406. The van der Waals surface area contributed by atoms with Crippen molar-refractivity contribution in [3.63, 3.8) is 0 Å². The Morgan fingerprint density at radius 3 is 2.20 bits per heavy atom. The third-order valence-electron chi connectivity index (χ3n) is 4.14. The molecule has 0 aromatic heterocycles. The van der Waals surface area contributed by atoms with E-state index < -0.39 is 16.1 Å². The SMILES string of the molecule is COc1cc(C)c(S(=O)(=O)NC(C)c2ccc(F)cc2)cc1C(C)C. The molecule has 2 aromatic carbocycles. The molecule has 0 fully saturated rings. The second-order valence-electron chi connectivity index (χ2n) is 6.41. The molecule has 25 heavy (non-hydrogen) atoms. The topological polar surface area (TPSA) is 55.4 Å². The standard InChI is InChI=1S/C19H24FNO3S/c1-12(2)17-11-19(13(3)10-18(17)24-5)25(22,23)21-14(4)15-6-8-16(20)9-7-15/h6-12,14,21H,1-5H3. The summed E-state index contributed by atoms with van der Waals surface area (Å²) >= 11 is 0. The maximum atomic E-state index is 13.0. The lowest BCUT2D eigenvalue weighted by Gasteiger charge is -2.19. The van der Waals surface area contributed by atoms with E-state index in [0.29, 0.717) is 16.9 Å². The van der Waals surface area contributed by atoms with E-state index in [1.54, 1.807) is 45.2 Å². The molecular weight excluding hydrogens is 341 g/mol. The maximum Gasteiger partial charge on any atom is 0.241 e. The summed E-state index contributed by atoms with van der Waals surface area (Å²) in [5.41, 5.74) is 2.14. The molecule has 0 bridgehead atoms. The smallest absolute Gasteiger partial charge is 0.241 e. The van der Waals surface area contributed by atoms with Gasteiger partial charge in [0.25, 0.3) is 0 Å². The number of sulfonamides is 1. The first-order valence-corrected chi connectivity index (χ1v) is 9.60. The summed E-state index contributed by atoms with van der Waals surface area (Å²) in [5.74, 6) is 0.448. The third kappa shape index (κ3) is 4.38. The van der Waals surface area contributed by atoms with Gasteiger partial charge in [-0.3, -0.25) is 0 Å². The second-order valence-corrected chi connectivity index (χ2v) is 8.09. The van der Waals surface area contributed by atoms with Gasteiger partial charge >= 0.3 is 0 Å². The number of rotatable bonds is 6. The molecular formula is C19H24FNO3S. The number of hydrogen-bond acceptors (Lipinski definition) is 3. The first-order chi connectivity index (χ1) is 11.7. The van der Waals surface area contributed by atoms with Crippen molar-refractivity contribution in [3.05, 3.63) is 58.9 Å². The summed E-state index contributed by atoms with van der Waals surface area (Å²) in [4.78, 5) is 0.228. The Kier molecular flexibility index (Phi) is 5.85. The van der Waals surface area contributed by atoms with Gasteiger partial charge in [0.15, 0.2) is 0 Å². The Labute approximate surface area is 149 Å². The summed E-state index contributed by atoms with van der Waals surface area (Å²) in [5, 5.41) is 0. The molecule has 1 N–H and O–H groups in total. The lowest BCUT2D eigenvalue weighted by atomic mass is 10.0. The van der Waals surface area contributed by atoms with E-state index in [9.17, 15) is 12.8 Å². The average Bonchev–Trinajstić information content (AvgIpc) is 2.54. The Hall–Kier alpha value is -1.92. The number of benzene rings is 2. The molecule has 0 aliphatic rings. The van der Waals surface area contributed by atoms with E-state index in [1.807, 2.05) is 13.8 Å². The van der Waals surface area contributed by atoms with Crippen molar-refractivity contribution in [1.29, 1.82) is 0 Å². The molecule has 0 saturated carbocycles. The molecule has 2 aromatic rings. The minimum atomic E-state index is -3.73. The maximum absolute atomic E-state index is 13.0. The lowest BCUT2D eigenvalue weighted by Crippen LogP contribution is -2.27. The van der Waals surface area contributed by atoms with Gasteiger partial charge < -0.3 is 4.74 Å². The van der Waals surface area contributed by atoms with Crippen molar-refractivity contribution in [2.45, 2.75) is 44.6 Å². The number of aryl methyl sites for hydroxylation is 1. The van der Waals surface area contributed by atoms with Gasteiger partial charge in [0, 0.05) is 6.04 Å². The van der Waals surface area contributed by atoms with Crippen molar-refractivity contribution in [2.75, 3.05) is 7.11 Å².